The van der Waals surface area contributed by atoms with Crippen molar-refractivity contribution >= 4 is 124 Å². The van der Waals surface area contributed by atoms with E-state index in [0.717, 1.165) is 89.1 Å². The average Bonchev–Trinajstić information content (AvgIpc) is 1.49. The molecule has 0 spiro atoms. The molecule has 2 N–H and O–H groups in total. The first-order valence-electron chi connectivity index (χ1n) is 29.1. The standard InChI is InChI=1S/C16H14NO2.C11H7INO.3C8H6N.C6H5O.C5H3FIN.C5H8O.C5H6O.CH2O3.B.Ce.3ClH.2Cs.Na.3Y.2H/c18-13-9-8-12(11-13)15-7-4-10-17-16(15)19-14-5-2-1-3-6-14;12-10-7-4-8-13-11(10)14-9-5-2-1-3-6-9;3*1-2-4-8-7(3-1)5-6-9-8;7-6-4-2-1-3-5-6;6-5-4(7)2-1-3-8-5;2*6-5-3-1-2-4-5;2-1-4-3;;;;;;;;;;;;;/h2-7,10,12H,8-9,11H2;2-8H;3*1-4H,5H2;2-5,7H;1-3H;1,3,5-6H,2,4H2;1,3H,2,4H2;1,3H;;;3*1H;;;;;;;;/q6*-1;;;;;;+3;;;;3*+1;;;;2*-1/p-4. The maximum absolute atomic E-state index is 12.2. The Hall–Kier alpha value is 1.51. The van der Waals surface area contributed by atoms with Gasteiger partial charge in [0, 0.05) is 167 Å². The van der Waals surface area contributed by atoms with Gasteiger partial charge in [0.2, 0.25) is 17.7 Å². The van der Waals surface area contributed by atoms with Gasteiger partial charge in [-0.1, -0.05) is 115 Å². The molecule has 0 amide bonds. The summed E-state index contributed by atoms with van der Waals surface area (Å²) in [5.74, 6) is 3.50. The van der Waals surface area contributed by atoms with E-state index >= 15 is 0 Å². The SMILES string of the molecule is Fc1ncccc1I.Ic1cccnc1Oc1cc[c-]cc1.O=C1C=CCC1.O=C1CCC(c2cccnc2Oc2cc[c-]cc2)C1.O=CO[O-].OC1C=CCC1.Oc1cc[c-]cc1.[B].[C-]1=Nc2ccccc2C1.[C-]1=Nc2ccccc2C1.[C-]1=Nc2ccccc2C1.[Cl][Ce]([Cl])[Cl].[Cs+].[Cs+].[H-].[H-].[Na+].[Y].[Y].[Y]. The van der Waals surface area contributed by atoms with E-state index in [-0.39, 0.29) is 301 Å². The normalized spacial score (nSPS) is 13.3. The molecule has 102 heavy (non-hydrogen) atoms. The number of benzene rings is 6. The summed E-state index contributed by atoms with van der Waals surface area (Å²) >= 11 is 1.84. The van der Waals surface area contributed by atoms with E-state index in [1.165, 1.54) is 22.9 Å². The van der Waals surface area contributed by atoms with E-state index in [9.17, 15) is 14.0 Å². The van der Waals surface area contributed by atoms with Crippen molar-refractivity contribution in [3.8, 4) is 29.0 Å². The van der Waals surface area contributed by atoms with Gasteiger partial charge in [0.1, 0.15) is 5.78 Å². The van der Waals surface area contributed by atoms with Crippen LogP contribution in [-0.2, 0) is 137 Å². The number of rotatable bonds is 6. The van der Waals surface area contributed by atoms with E-state index < -0.39 is 36.6 Å². The van der Waals surface area contributed by atoms with E-state index in [1.807, 2.05) is 156 Å². The zero-order valence-corrected chi connectivity index (χ0v) is 89.0. The van der Waals surface area contributed by atoms with Crippen LogP contribution in [0.15, 0.2) is 240 Å². The number of ether oxygens (including phenoxy) is 2. The minimum atomic E-state index is -2.24. The Morgan fingerprint density at radius 2 is 1.01 bits per heavy atom. The number of Topliss-reactive ketones (excluding diaryl/α,β-unsaturated/α-hetero) is 1. The molecule has 9 aromatic rings. The minimum Gasteiger partial charge on any atom is -1.00 e. The summed E-state index contributed by atoms with van der Waals surface area (Å²) in [5.41, 5.74) is 23.2. The number of phenolic OH excluding ortho intramolecular Hbond substituents is 1. The van der Waals surface area contributed by atoms with Gasteiger partial charge >= 0.3 is 215 Å². The number of fused-ring (bicyclic) bond motifs is 3. The largest absolute Gasteiger partial charge is 1.00 e. The van der Waals surface area contributed by atoms with Gasteiger partial charge < -0.3 is 47.7 Å². The van der Waals surface area contributed by atoms with Crippen molar-refractivity contribution in [2.45, 2.75) is 76.2 Å². The zero-order chi connectivity index (χ0) is 68.1. The topological polar surface area (TPSA) is 218 Å². The number of hydrogen-bond acceptors (Lipinski definition) is 15. The number of aliphatic hydroxyl groups is 1. The van der Waals surface area contributed by atoms with Crippen molar-refractivity contribution in [1.29, 1.82) is 0 Å². The third-order valence-electron chi connectivity index (χ3n) is 12.7. The molecule has 1 saturated carbocycles. The van der Waals surface area contributed by atoms with Crippen molar-refractivity contribution in [2.24, 2.45) is 15.0 Å². The number of nitrogens with zero attached hydrogens (tertiary/aromatic N) is 6. The number of phenols is 1. The Bertz CT molecular complexity index is 3770. The quantitative estimate of drug-likeness (QED) is 0.0235. The van der Waals surface area contributed by atoms with Gasteiger partial charge in [0.25, 0.3) is 6.47 Å². The van der Waals surface area contributed by atoms with Gasteiger partial charge in [-0.05, 0) is 113 Å². The van der Waals surface area contributed by atoms with Crippen molar-refractivity contribution in [2.75, 3.05) is 0 Å². The summed E-state index contributed by atoms with van der Waals surface area (Å²) in [6.45, 7) is -0.181. The Balaban J connectivity index is -0.000000352. The number of ketones is 2. The number of aromatic hydroxyl groups is 1. The molecule has 3 aliphatic carbocycles. The number of halogens is 6. The van der Waals surface area contributed by atoms with Crippen LogP contribution in [0.1, 0.15) is 76.0 Å². The number of aliphatic imine (C=N–C) groups is 3. The Morgan fingerprint density at radius 3 is 1.32 bits per heavy atom. The van der Waals surface area contributed by atoms with Crippen LogP contribution in [0.3, 0.4) is 0 Å². The summed E-state index contributed by atoms with van der Waals surface area (Å²) in [4.78, 5) is 56.8. The maximum atomic E-state index is 12.2. The van der Waals surface area contributed by atoms with Gasteiger partial charge in [0.15, 0.2) is 5.78 Å². The molecule has 6 aliphatic rings. The molecule has 15 rings (SSSR count). The molecule has 6 heterocycles. The molecule has 29 heteroatoms. The van der Waals surface area contributed by atoms with Crippen LogP contribution in [0.5, 0.6) is 29.0 Å². The zero-order valence-electron chi connectivity index (χ0n) is 58.2. The number of carbonyl (C=O) groups is 3. The van der Waals surface area contributed by atoms with Crippen molar-refractivity contribution in [1.82, 2.24) is 15.0 Å². The molecule has 15 nitrogen and oxygen atoms in total. The molecule has 507 valence electrons. The monoisotopic (exact) mass is 2250 g/mol. The first-order chi connectivity index (χ1) is 46.2. The number of pyridine rings is 3. The van der Waals surface area contributed by atoms with Crippen molar-refractivity contribution in [3.05, 3.63) is 278 Å². The van der Waals surface area contributed by atoms with Gasteiger partial charge in [0.05, 0.1) is 13.2 Å². The second-order valence-electron chi connectivity index (χ2n) is 19.5. The summed E-state index contributed by atoms with van der Waals surface area (Å²) in [6, 6.07) is 65.2. The molecule has 2 atom stereocenters. The van der Waals surface area contributed by atoms with Crippen LogP contribution in [-0.4, -0.2) is 76.4 Å². The summed E-state index contributed by atoms with van der Waals surface area (Å²) in [6.07, 6.45) is 29.3. The predicted octanol–water partition coefficient (Wildman–Crippen LogP) is 8.23. The minimum absolute atomic E-state index is 0. The van der Waals surface area contributed by atoms with Crippen LogP contribution >= 0.6 is 62.1 Å². The maximum Gasteiger partial charge on any atom is 1.00 e. The first-order valence-corrected chi connectivity index (χ1v) is 43.1. The molecule has 6 radical (unpaired) electrons. The Morgan fingerprint density at radius 1 is 0.588 bits per heavy atom. The molecular weight excluding hydrogens is 2190 g/mol. The average molecular weight is 2250 g/mol. The van der Waals surface area contributed by atoms with E-state index in [4.69, 9.17) is 46.6 Å². The molecule has 2 unspecified atom stereocenters. The van der Waals surface area contributed by atoms with Crippen molar-refractivity contribution in [3.63, 3.8) is 0 Å². The van der Waals surface area contributed by atoms with E-state index in [0.29, 0.717) is 39.7 Å². The van der Waals surface area contributed by atoms with Crippen LogP contribution in [0, 0.1) is 62.0 Å². The van der Waals surface area contributed by atoms with Crippen LogP contribution < -0.4 is 182 Å². The van der Waals surface area contributed by atoms with Crippen LogP contribution in [0.4, 0.5) is 21.5 Å². The summed E-state index contributed by atoms with van der Waals surface area (Å²) in [5, 5.41) is 25.7. The molecule has 3 aromatic heterocycles. The molecule has 1 fully saturated rings. The van der Waals surface area contributed by atoms with E-state index in [1.54, 1.807) is 67.0 Å². The number of allylic oxidation sites excluding steroid dienone is 3. The number of aromatic nitrogens is 3. The van der Waals surface area contributed by atoms with E-state index in [2.05, 4.69) is 112 Å². The predicted molar refractivity (Wildman–Crippen MR) is 390 cm³/mol. The first kappa shape index (κ1) is 108. The second-order valence-corrected chi connectivity index (χ2v) is 35.6. The summed E-state index contributed by atoms with van der Waals surface area (Å²) < 4.78 is 25.1. The molecule has 6 aromatic carbocycles. The number of para-hydroxylation sites is 3. The van der Waals surface area contributed by atoms with Crippen LogP contribution in [0.2, 0.25) is 0 Å². The smallest absolute Gasteiger partial charge is 1.00 e. The molecule has 0 bridgehead atoms. The fourth-order valence-corrected chi connectivity index (χ4v) is 9.05. The molecule has 3 aliphatic heterocycles. The van der Waals surface area contributed by atoms with Gasteiger partial charge in [-0.25, -0.2) is 15.0 Å². The Labute approximate surface area is 866 Å². The molecule has 0 saturated heterocycles. The van der Waals surface area contributed by atoms with Crippen LogP contribution in [0.25, 0.3) is 0 Å². The number of hydrogen-bond donors (Lipinski definition) is 2. The summed E-state index contributed by atoms with van der Waals surface area (Å²) in [7, 11) is 0. The third-order valence-corrected chi connectivity index (χ3v) is 14.3. The fraction of sp³-hybridized carbons (Fsp3) is 0.164. The Kier molecular flexibility index (Phi) is 71.9. The number of carbonyl (C=O) groups excluding carboxylic acids is 3. The van der Waals surface area contributed by atoms with Gasteiger partial charge in [-0.2, -0.15) is 77.6 Å². The second kappa shape index (κ2) is 68.1. The fourth-order valence-electron chi connectivity index (χ4n) is 8.25. The van der Waals surface area contributed by atoms with Crippen molar-refractivity contribution < 1.29 is 348 Å². The van der Waals surface area contributed by atoms with Gasteiger partial charge in [-0.3, -0.25) is 14.4 Å². The van der Waals surface area contributed by atoms with Gasteiger partial charge in [-0.15, -0.1) is 71.3 Å². The number of aliphatic hydroxyl groups excluding tert-OH is 1. The third kappa shape index (κ3) is 48.4. The molecular formula is C73H64BCeCl3Cs2FI2N6NaO9Y3-6.